The van der Waals surface area contributed by atoms with Crippen molar-refractivity contribution in [2.45, 2.75) is 56.9 Å². The second kappa shape index (κ2) is 7.20. The van der Waals surface area contributed by atoms with Crippen LogP contribution in [0.5, 0.6) is 5.75 Å². The van der Waals surface area contributed by atoms with Crippen LogP contribution in [0.2, 0.25) is 5.02 Å². The number of nitrogens with one attached hydrogen (secondary N) is 1. The largest absolute Gasteiger partial charge is 0.491 e. The minimum atomic E-state index is -1.79. The molecular formula is C23H27ClFNO4. The van der Waals surface area contributed by atoms with Crippen molar-refractivity contribution in [3.63, 3.8) is 0 Å². The molecule has 5 aliphatic rings. The van der Waals surface area contributed by atoms with E-state index in [2.05, 4.69) is 5.32 Å². The number of rotatable bonds is 6. The fourth-order valence-corrected chi connectivity index (χ4v) is 7.18. The number of carboxylic acid groups (broad SMARTS) is 1. The molecule has 2 N–H and O–H groups in total. The summed E-state index contributed by atoms with van der Waals surface area (Å²) in [7, 11) is 0. The summed E-state index contributed by atoms with van der Waals surface area (Å²) in [6.45, 7) is 0.920. The Hall–Kier alpha value is -1.66. The number of hydrogen-bond acceptors (Lipinski definition) is 4. The molecule has 6 rings (SSSR count). The summed E-state index contributed by atoms with van der Waals surface area (Å²) in [5.41, 5.74) is -1.94. The van der Waals surface area contributed by atoms with E-state index >= 15 is 0 Å². The molecule has 5 fully saturated rings. The third-order valence-corrected chi connectivity index (χ3v) is 8.17. The topological polar surface area (TPSA) is 75.6 Å². The molecule has 4 bridgehead atoms. The SMILES string of the molecule is O=C(O)C1(C(=O)c2cc(Cl)c(OCC34CC5CC(CC(C5)C3)C4)cc2F)CCCN1. The Balaban J connectivity index is 1.35. The Bertz CT molecular complexity index is 860. The zero-order valence-electron chi connectivity index (χ0n) is 16.9. The van der Waals surface area contributed by atoms with E-state index in [-0.39, 0.29) is 28.2 Å². The van der Waals surface area contributed by atoms with Crippen LogP contribution in [-0.4, -0.2) is 35.5 Å². The number of benzene rings is 1. The minimum absolute atomic E-state index is 0.127. The van der Waals surface area contributed by atoms with Crippen LogP contribution in [0.1, 0.15) is 61.7 Å². The molecule has 5 nitrogen and oxygen atoms in total. The summed E-state index contributed by atoms with van der Waals surface area (Å²) in [5, 5.41) is 12.5. The van der Waals surface area contributed by atoms with Crippen molar-refractivity contribution in [2.24, 2.45) is 23.2 Å². The number of ether oxygens (including phenoxy) is 1. The molecule has 1 saturated heterocycles. The second-order valence-electron chi connectivity index (χ2n) is 10.0. The lowest BCUT2D eigenvalue weighted by molar-refractivity contribution is -0.142. The lowest BCUT2D eigenvalue weighted by Gasteiger charge is -2.56. The van der Waals surface area contributed by atoms with Gasteiger partial charge in [0.2, 0.25) is 0 Å². The number of ketones is 1. The first kappa shape index (κ1) is 20.3. The maximum absolute atomic E-state index is 14.9. The normalized spacial score (nSPS) is 36.8. The average molecular weight is 436 g/mol. The maximum atomic E-state index is 14.9. The van der Waals surface area contributed by atoms with Gasteiger partial charge in [-0.2, -0.15) is 0 Å². The summed E-state index contributed by atoms with van der Waals surface area (Å²) in [4.78, 5) is 24.6. The fourth-order valence-electron chi connectivity index (χ4n) is 6.96. The van der Waals surface area contributed by atoms with Crippen LogP contribution >= 0.6 is 11.6 Å². The molecule has 4 saturated carbocycles. The lowest BCUT2D eigenvalue weighted by Crippen LogP contribution is -2.54. The van der Waals surface area contributed by atoms with Gasteiger partial charge in [-0.05, 0) is 81.7 Å². The molecule has 1 aromatic carbocycles. The van der Waals surface area contributed by atoms with Crippen molar-refractivity contribution in [3.05, 3.63) is 28.5 Å². The number of hydrogen-bond donors (Lipinski definition) is 2. The van der Waals surface area contributed by atoms with E-state index < -0.39 is 23.1 Å². The van der Waals surface area contributed by atoms with Gasteiger partial charge in [0.25, 0.3) is 0 Å². The Morgan fingerprint density at radius 2 is 1.80 bits per heavy atom. The van der Waals surface area contributed by atoms with Gasteiger partial charge in [-0.15, -0.1) is 0 Å². The first-order valence-corrected chi connectivity index (χ1v) is 11.3. The van der Waals surface area contributed by atoms with E-state index in [9.17, 15) is 19.1 Å². The van der Waals surface area contributed by atoms with Gasteiger partial charge in [0.15, 0.2) is 11.3 Å². The van der Waals surface area contributed by atoms with Crippen LogP contribution in [0.15, 0.2) is 12.1 Å². The van der Waals surface area contributed by atoms with Gasteiger partial charge in [-0.3, -0.25) is 10.1 Å². The standard InChI is InChI=1S/C23H27ClFNO4/c24-17-7-16(20(27)23(21(28)29)2-1-3-26-23)18(25)8-19(17)30-12-22-9-13-4-14(10-22)6-15(5-13)11-22/h7-8,13-15,26H,1-6,9-12H2,(H,28,29). The Morgan fingerprint density at radius 3 is 2.33 bits per heavy atom. The predicted octanol–water partition coefficient (Wildman–Crippen LogP) is 4.46. The average Bonchev–Trinajstić information content (AvgIpc) is 3.18. The van der Waals surface area contributed by atoms with Crippen molar-refractivity contribution in [1.82, 2.24) is 5.32 Å². The Kier molecular flexibility index (Phi) is 4.86. The summed E-state index contributed by atoms with van der Waals surface area (Å²) >= 11 is 6.35. The molecule has 162 valence electrons. The minimum Gasteiger partial charge on any atom is -0.491 e. The Morgan fingerprint density at radius 1 is 1.17 bits per heavy atom. The maximum Gasteiger partial charge on any atom is 0.332 e. The molecule has 7 heteroatoms. The van der Waals surface area contributed by atoms with E-state index in [1.165, 1.54) is 44.6 Å². The smallest absolute Gasteiger partial charge is 0.332 e. The molecular weight excluding hydrogens is 409 g/mol. The first-order valence-electron chi connectivity index (χ1n) is 11.0. The van der Waals surface area contributed by atoms with E-state index in [1.807, 2.05) is 0 Å². The molecule has 30 heavy (non-hydrogen) atoms. The summed E-state index contributed by atoms with van der Waals surface area (Å²) in [5.74, 6) is -0.277. The molecule has 1 aromatic rings. The highest BCUT2D eigenvalue weighted by molar-refractivity contribution is 6.32. The molecule has 0 aromatic heterocycles. The molecule has 0 radical (unpaired) electrons. The van der Waals surface area contributed by atoms with Crippen LogP contribution in [0.3, 0.4) is 0 Å². The van der Waals surface area contributed by atoms with Gasteiger partial charge in [0.1, 0.15) is 11.6 Å². The van der Waals surface area contributed by atoms with Gasteiger partial charge in [0, 0.05) is 11.5 Å². The molecule has 1 heterocycles. The number of aliphatic carboxylic acids is 1. The Labute approximate surface area is 180 Å². The van der Waals surface area contributed by atoms with Gasteiger partial charge in [-0.25, -0.2) is 9.18 Å². The number of Topliss-reactive ketones (excluding diaryl/α,β-unsaturated/α-hetero) is 1. The van der Waals surface area contributed by atoms with Gasteiger partial charge >= 0.3 is 5.97 Å². The zero-order valence-corrected chi connectivity index (χ0v) is 17.6. The first-order chi connectivity index (χ1) is 14.3. The van der Waals surface area contributed by atoms with E-state index in [0.717, 1.165) is 23.8 Å². The van der Waals surface area contributed by atoms with Gasteiger partial charge in [0.05, 0.1) is 17.2 Å². The van der Waals surface area contributed by atoms with E-state index in [4.69, 9.17) is 16.3 Å². The van der Waals surface area contributed by atoms with Crippen molar-refractivity contribution in [3.8, 4) is 5.75 Å². The van der Waals surface area contributed by atoms with Crippen LogP contribution in [-0.2, 0) is 4.79 Å². The summed E-state index contributed by atoms with van der Waals surface area (Å²) in [6, 6.07) is 2.36. The highest BCUT2D eigenvalue weighted by Crippen LogP contribution is 2.60. The highest BCUT2D eigenvalue weighted by Gasteiger charge is 2.52. The highest BCUT2D eigenvalue weighted by atomic mass is 35.5. The monoisotopic (exact) mass is 435 g/mol. The number of carbonyl (C=O) groups is 2. The summed E-state index contributed by atoms with van der Waals surface area (Å²) in [6.07, 6.45) is 8.19. The quantitative estimate of drug-likeness (QED) is 0.509. The molecule has 0 spiro atoms. The molecule has 1 unspecified atom stereocenters. The van der Waals surface area contributed by atoms with Crippen LogP contribution in [0.25, 0.3) is 0 Å². The predicted molar refractivity (Wildman–Crippen MR) is 109 cm³/mol. The van der Waals surface area contributed by atoms with Crippen molar-refractivity contribution in [2.75, 3.05) is 13.2 Å². The van der Waals surface area contributed by atoms with E-state index in [0.29, 0.717) is 19.6 Å². The van der Waals surface area contributed by atoms with Crippen molar-refractivity contribution >= 4 is 23.4 Å². The van der Waals surface area contributed by atoms with Crippen LogP contribution in [0.4, 0.5) is 4.39 Å². The third kappa shape index (κ3) is 3.23. The number of carbonyl (C=O) groups excluding carboxylic acids is 1. The van der Waals surface area contributed by atoms with Gasteiger partial charge in [-0.1, -0.05) is 11.6 Å². The molecule has 4 aliphatic carbocycles. The van der Waals surface area contributed by atoms with Gasteiger partial charge < -0.3 is 9.84 Å². The number of carboxylic acids is 1. The van der Waals surface area contributed by atoms with Crippen molar-refractivity contribution < 1.29 is 23.8 Å². The zero-order chi connectivity index (χ0) is 21.1. The molecule has 0 amide bonds. The summed E-state index contributed by atoms with van der Waals surface area (Å²) < 4.78 is 20.9. The van der Waals surface area contributed by atoms with E-state index in [1.54, 1.807) is 0 Å². The number of halogens is 2. The fraction of sp³-hybridized carbons (Fsp3) is 0.652. The van der Waals surface area contributed by atoms with Crippen LogP contribution < -0.4 is 10.1 Å². The van der Waals surface area contributed by atoms with Crippen LogP contribution in [0, 0.1) is 29.0 Å². The molecule has 1 aliphatic heterocycles. The molecule has 1 atom stereocenters. The lowest BCUT2D eigenvalue weighted by atomic mass is 9.50. The second-order valence-corrected chi connectivity index (χ2v) is 10.4. The van der Waals surface area contributed by atoms with Crippen molar-refractivity contribution in [1.29, 1.82) is 0 Å². The third-order valence-electron chi connectivity index (χ3n) is 7.87.